The zero-order valence-corrected chi connectivity index (χ0v) is 16.9. The van der Waals surface area contributed by atoms with Crippen molar-refractivity contribution in [3.63, 3.8) is 0 Å². The summed E-state index contributed by atoms with van der Waals surface area (Å²) in [7, 11) is -0.347. The molecule has 8 heteroatoms. The van der Waals surface area contributed by atoms with Gasteiger partial charge in [0.2, 0.25) is 0 Å². The van der Waals surface area contributed by atoms with E-state index in [1.165, 1.54) is 8.61 Å². The summed E-state index contributed by atoms with van der Waals surface area (Å²) in [6, 6.07) is 10.6. The number of nitrogens with zero attached hydrogens (tertiary/aromatic N) is 3. The van der Waals surface area contributed by atoms with Crippen LogP contribution in [-0.2, 0) is 16.6 Å². The quantitative estimate of drug-likeness (QED) is 0.800. The highest BCUT2D eigenvalue weighted by molar-refractivity contribution is 7.86. The monoisotopic (exact) mass is 403 g/mol. The molecule has 1 atom stereocenters. The molecular weight excluding hydrogens is 378 g/mol. The number of hydrogen-bond acceptors (Lipinski definition) is 4. The standard InChI is InChI=1S/C20H25N3O4S/c1-22(2)28(26,27)23-12-6-7-15(14-23)13-16-8-5-11-21-19(16)17-9-3-4-10-18(17)20(24)25/h3-5,8-11,15H,6-7,12-14H2,1-2H3,(H,24,25)/t15-/m0/s1. The zero-order chi connectivity index (χ0) is 20.3. The van der Waals surface area contributed by atoms with E-state index in [0.29, 0.717) is 30.8 Å². The van der Waals surface area contributed by atoms with Gasteiger partial charge in [0.05, 0.1) is 11.3 Å². The van der Waals surface area contributed by atoms with Crippen molar-refractivity contribution in [2.75, 3.05) is 27.2 Å². The van der Waals surface area contributed by atoms with Gasteiger partial charge >= 0.3 is 5.97 Å². The maximum absolute atomic E-state index is 12.5. The van der Waals surface area contributed by atoms with Crippen LogP contribution in [0.2, 0.25) is 0 Å². The van der Waals surface area contributed by atoms with Gasteiger partial charge in [-0.05, 0) is 42.9 Å². The number of benzene rings is 1. The third-order valence-electron chi connectivity index (χ3n) is 5.08. The fourth-order valence-corrected chi connectivity index (χ4v) is 4.89. The molecule has 0 spiro atoms. The van der Waals surface area contributed by atoms with E-state index in [0.717, 1.165) is 18.4 Å². The molecule has 0 bridgehead atoms. The van der Waals surface area contributed by atoms with Gasteiger partial charge in [0.25, 0.3) is 10.2 Å². The van der Waals surface area contributed by atoms with Gasteiger partial charge < -0.3 is 5.11 Å². The molecule has 0 radical (unpaired) electrons. The van der Waals surface area contributed by atoms with Gasteiger partial charge in [-0.2, -0.15) is 17.0 Å². The first-order valence-corrected chi connectivity index (χ1v) is 10.6. The predicted molar refractivity (Wildman–Crippen MR) is 107 cm³/mol. The van der Waals surface area contributed by atoms with Crippen molar-refractivity contribution in [2.24, 2.45) is 5.92 Å². The second kappa shape index (κ2) is 8.38. The van der Waals surface area contributed by atoms with E-state index in [-0.39, 0.29) is 11.5 Å². The van der Waals surface area contributed by atoms with Gasteiger partial charge in [-0.1, -0.05) is 24.3 Å². The van der Waals surface area contributed by atoms with Crippen LogP contribution >= 0.6 is 0 Å². The fraction of sp³-hybridized carbons (Fsp3) is 0.400. The minimum Gasteiger partial charge on any atom is -0.478 e. The molecule has 0 saturated carbocycles. The molecule has 1 aliphatic heterocycles. The van der Waals surface area contributed by atoms with Crippen molar-refractivity contribution in [2.45, 2.75) is 19.3 Å². The van der Waals surface area contributed by atoms with Crippen molar-refractivity contribution in [1.29, 1.82) is 0 Å². The van der Waals surface area contributed by atoms with Gasteiger partial charge in [-0.25, -0.2) is 4.79 Å². The molecule has 1 N–H and O–H groups in total. The Kier molecular flexibility index (Phi) is 6.12. The normalized spacial score (nSPS) is 18.3. The first-order chi connectivity index (χ1) is 13.3. The maximum Gasteiger partial charge on any atom is 0.336 e. The number of aromatic carboxylic acids is 1. The first-order valence-electron chi connectivity index (χ1n) is 9.25. The van der Waals surface area contributed by atoms with Crippen molar-refractivity contribution in [1.82, 2.24) is 13.6 Å². The van der Waals surface area contributed by atoms with Crippen LogP contribution in [0.15, 0.2) is 42.6 Å². The molecule has 3 rings (SSSR count). The lowest BCUT2D eigenvalue weighted by atomic mass is 9.89. The van der Waals surface area contributed by atoms with E-state index in [1.807, 2.05) is 12.1 Å². The molecule has 28 heavy (non-hydrogen) atoms. The molecule has 2 heterocycles. The van der Waals surface area contributed by atoms with Crippen molar-refractivity contribution in [3.8, 4) is 11.3 Å². The summed E-state index contributed by atoms with van der Waals surface area (Å²) >= 11 is 0. The maximum atomic E-state index is 12.5. The summed E-state index contributed by atoms with van der Waals surface area (Å²) in [5.74, 6) is -0.837. The summed E-state index contributed by atoms with van der Waals surface area (Å²) in [5, 5.41) is 9.51. The molecule has 0 amide bonds. The minimum absolute atomic E-state index is 0.156. The Labute approximate surface area is 165 Å². The number of carboxylic acid groups (broad SMARTS) is 1. The second-order valence-corrected chi connectivity index (χ2v) is 9.36. The molecule has 1 aromatic carbocycles. The molecule has 1 aliphatic rings. The average Bonchev–Trinajstić information content (AvgIpc) is 2.68. The number of piperidine rings is 1. The molecule has 1 fully saturated rings. The van der Waals surface area contributed by atoms with Crippen LogP contribution in [0.25, 0.3) is 11.3 Å². The first kappa shape index (κ1) is 20.4. The molecule has 1 aromatic heterocycles. The van der Waals surface area contributed by atoms with Crippen LogP contribution in [-0.4, -0.2) is 60.3 Å². The highest BCUT2D eigenvalue weighted by atomic mass is 32.2. The average molecular weight is 404 g/mol. The van der Waals surface area contributed by atoms with Gasteiger partial charge in [0.15, 0.2) is 0 Å². The third kappa shape index (κ3) is 4.24. The van der Waals surface area contributed by atoms with Crippen LogP contribution in [0.4, 0.5) is 0 Å². The summed E-state index contributed by atoms with van der Waals surface area (Å²) in [5.41, 5.74) is 2.38. The zero-order valence-electron chi connectivity index (χ0n) is 16.1. The number of hydrogen-bond donors (Lipinski definition) is 1. The summed E-state index contributed by atoms with van der Waals surface area (Å²) < 4.78 is 27.7. The van der Waals surface area contributed by atoms with Crippen molar-refractivity contribution < 1.29 is 18.3 Å². The number of rotatable bonds is 6. The lowest BCUT2D eigenvalue weighted by molar-refractivity contribution is 0.0697. The highest BCUT2D eigenvalue weighted by Gasteiger charge is 2.31. The second-order valence-electron chi connectivity index (χ2n) is 7.22. The highest BCUT2D eigenvalue weighted by Crippen LogP contribution is 2.30. The molecule has 0 aliphatic carbocycles. The topological polar surface area (TPSA) is 90.8 Å². The van der Waals surface area contributed by atoms with E-state index in [4.69, 9.17) is 0 Å². The summed E-state index contributed by atoms with van der Waals surface area (Å²) in [6.45, 7) is 0.980. The lowest BCUT2D eigenvalue weighted by Gasteiger charge is -2.33. The van der Waals surface area contributed by atoms with Crippen molar-refractivity contribution >= 4 is 16.2 Å². The number of aromatic nitrogens is 1. The molecule has 1 saturated heterocycles. The van der Waals surface area contributed by atoms with Gasteiger partial charge in [0, 0.05) is 38.9 Å². The largest absolute Gasteiger partial charge is 0.478 e. The van der Waals surface area contributed by atoms with Gasteiger partial charge in [-0.15, -0.1) is 0 Å². The van der Waals surface area contributed by atoms with Crippen LogP contribution < -0.4 is 0 Å². The number of carbonyl (C=O) groups is 1. The minimum atomic E-state index is -3.43. The van der Waals surface area contributed by atoms with Crippen LogP contribution in [0, 0.1) is 5.92 Å². The SMILES string of the molecule is CN(C)S(=O)(=O)N1CCC[C@@H](Cc2cccnc2-c2ccccc2C(=O)O)C1. The fourth-order valence-electron chi connectivity index (χ4n) is 3.67. The van der Waals surface area contributed by atoms with E-state index in [2.05, 4.69) is 4.98 Å². The Hall–Kier alpha value is -2.29. The predicted octanol–water partition coefficient (Wildman–Crippen LogP) is 2.51. The summed E-state index contributed by atoms with van der Waals surface area (Å²) in [4.78, 5) is 16.1. The van der Waals surface area contributed by atoms with E-state index in [1.54, 1.807) is 44.6 Å². The molecular formula is C20H25N3O4S. The smallest absolute Gasteiger partial charge is 0.336 e. The lowest BCUT2D eigenvalue weighted by Crippen LogP contribution is -2.45. The van der Waals surface area contributed by atoms with Gasteiger partial charge in [0.1, 0.15) is 0 Å². The van der Waals surface area contributed by atoms with Crippen LogP contribution in [0.5, 0.6) is 0 Å². The van der Waals surface area contributed by atoms with E-state index < -0.39 is 16.2 Å². The number of pyridine rings is 1. The third-order valence-corrected chi connectivity index (χ3v) is 6.99. The molecule has 0 unspecified atom stereocenters. The molecule has 150 valence electrons. The molecule has 2 aromatic rings. The summed E-state index contributed by atoms with van der Waals surface area (Å²) in [6.07, 6.45) is 4.03. The Bertz CT molecular complexity index is 959. The Morgan fingerprint density at radius 1 is 1.25 bits per heavy atom. The Morgan fingerprint density at radius 2 is 2.00 bits per heavy atom. The number of carboxylic acids is 1. The Morgan fingerprint density at radius 3 is 2.71 bits per heavy atom. The van der Waals surface area contributed by atoms with Gasteiger partial charge in [-0.3, -0.25) is 4.98 Å². The Balaban J connectivity index is 1.88. The van der Waals surface area contributed by atoms with E-state index >= 15 is 0 Å². The van der Waals surface area contributed by atoms with Crippen LogP contribution in [0.1, 0.15) is 28.8 Å². The van der Waals surface area contributed by atoms with Crippen LogP contribution in [0.3, 0.4) is 0 Å². The van der Waals surface area contributed by atoms with Crippen molar-refractivity contribution in [3.05, 3.63) is 53.7 Å². The molecule has 7 nitrogen and oxygen atoms in total. The van der Waals surface area contributed by atoms with E-state index in [9.17, 15) is 18.3 Å².